The van der Waals surface area contributed by atoms with Gasteiger partial charge in [-0.05, 0) is 6.42 Å². The van der Waals surface area contributed by atoms with Crippen molar-refractivity contribution in [1.82, 2.24) is 0 Å². The first-order valence-electron chi connectivity index (χ1n) is 7.41. The van der Waals surface area contributed by atoms with E-state index in [1.165, 1.54) is 0 Å². The fraction of sp³-hybridized carbons (Fsp3) is 0.235. The number of hydrogen-bond donors (Lipinski definition) is 1. The Labute approximate surface area is 157 Å². The lowest BCUT2D eigenvalue weighted by atomic mass is 10.4. The first kappa shape index (κ1) is 19.3. The fourth-order valence-corrected chi connectivity index (χ4v) is 5.22. The largest absolute Gasteiger partial charge is 0.384 e. The van der Waals surface area contributed by atoms with Crippen molar-refractivity contribution in [1.29, 1.82) is 0 Å². The summed E-state index contributed by atoms with van der Waals surface area (Å²) in [7, 11) is -2.73. The van der Waals surface area contributed by atoms with Gasteiger partial charge < -0.3 is 10.3 Å². The van der Waals surface area contributed by atoms with Crippen LogP contribution in [0.1, 0.15) is 6.42 Å². The molecule has 0 saturated heterocycles. The number of halogens is 3. The number of hydrogen-bond acceptors (Lipinski definition) is 2. The third kappa shape index (κ3) is 5.00. The highest BCUT2D eigenvalue weighted by Crippen LogP contribution is 2.43. The van der Waals surface area contributed by atoms with Crippen molar-refractivity contribution in [3.8, 4) is 0 Å². The number of rotatable bonds is 6. The molecule has 7 heteroatoms. The molecule has 2 aromatic rings. The van der Waals surface area contributed by atoms with Gasteiger partial charge in [0.1, 0.15) is 13.0 Å². The minimum atomic E-state index is -2.73. The van der Waals surface area contributed by atoms with Gasteiger partial charge in [0, 0.05) is 23.3 Å². The van der Waals surface area contributed by atoms with E-state index in [1.54, 1.807) is 0 Å². The molecular formula is C17H18Cl3N2OP. The van der Waals surface area contributed by atoms with Gasteiger partial charge in [-0.15, -0.1) is 0 Å². The van der Waals surface area contributed by atoms with E-state index in [0.717, 1.165) is 10.6 Å². The summed E-state index contributed by atoms with van der Waals surface area (Å²) in [5.74, 6) is -0.0539. The molecule has 0 bridgehead atoms. The van der Waals surface area contributed by atoms with E-state index in [0.29, 0.717) is 19.1 Å². The van der Waals surface area contributed by atoms with Gasteiger partial charge in [-0.1, -0.05) is 95.5 Å². The van der Waals surface area contributed by atoms with Crippen molar-refractivity contribution in [3.05, 3.63) is 60.7 Å². The Morgan fingerprint density at radius 2 is 1.42 bits per heavy atom. The molecule has 0 aromatic heterocycles. The molecule has 0 saturated carbocycles. The number of aliphatic imine (C=N–C) groups is 1. The summed E-state index contributed by atoms with van der Waals surface area (Å²) in [4.78, 5) is 4.06. The Morgan fingerprint density at radius 1 is 0.958 bits per heavy atom. The molecule has 0 atom stereocenters. The first-order valence-corrected chi connectivity index (χ1v) is 10.4. The Kier molecular flexibility index (Phi) is 6.77. The van der Waals surface area contributed by atoms with E-state index in [1.807, 2.05) is 60.7 Å². The summed E-state index contributed by atoms with van der Waals surface area (Å²) < 4.78 is 12.0. The summed E-state index contributed by atoms with van der Waals surface area (Å²) >= 11 is 17.0. The maximum atomic E-state index is 13.7. The zero-order valence-electron chi connectivity index (χ0n) is 12.9. The Hall–Kier alpha value is -0.990. The number of alkyl halides is 3. The maximum Gasteiger partial charge on any atom is 0.247 e. The van der Waals surface area contributed by atoms with Crippen LogP contribution in [-0.4, -0.2) is 22.3 Å². The monoisotopic (exact) mass is 402 g/mol. The van der Waals surface area contributed by atoms with Crippen LogP contribution >= 0.6 is 41.9 Å². The molecule has 2 rings (SSSR count). The van der Waals surface area contributed by atoms with Gasteiger partial charge >= 0.3 is 0 Å². The minimum Gasteiger partial charge on any atom is -0.384 e. The van der Waals surface area contributed by atoms with Gasteiger partial charge in [0.05, 0.1) is 0 Å². The van der Waals surface area contributed by atoms with Crippen LogP contribution in [0.2, 0.25) is 0 Å². The summed E-state index contributed by atoms with van der Waals surface area (Å²) in [6, 6.07) is 19.0. The molecule has 0 radical (unpaired) electrons. The molecule has 0 fully saturated rings. The van der Waals surface area contributed by atoms with E-state index in [2.05, 4.69) is 4.99 Å². The summed E-state index contributed by atoms with van der Waals surface area (Å²) in [6.07, 6.45) is 1.04. The standard InChI is InChI=1S/C17H18Cl3N2OP/c18-17(19,20)16(21)22-12-7-13-24(23,14-8-3-1-4-9-14)15-10-5-2-6-11-15/h1-6,8-11H,7,12-13H2,(H2,21,22). The summed E-state index contributed by atoms with van der Waals surface area (Å²) in [5, 5.41) is 1.66. The molecule has 0 unspecified atom stereocenters. The van der Waals surface area contributed by atoms with E-state index >= 15 is 0 Å². The van der Waals surface area contributed by atoms with Gasteiger partial charge in [0.25, 0.3) is 0 Å². The zero-order chi connectivity index (χ0) is 17.6. The predicted octanol–water partition coefficient (Wildman–Crippen LogP) is 4.12. The van der Waals surface area contributed by atoms with Crippen molar-refractivity contribution < 1.29 is 4.57 Å². The van der Waals surface area contributed by atoms with Gasteiger partial charge in [-0.3, -0.25) is 4.99 Å². The van der Waals surface area contributed by atoms with Crippen LogP contribution in [0.25, 0.3) is 0 Å². The first-order chi connectivity index (χ1) is 11.3. The second-order valence-electron chi connectivity index (χ2n) is 5.25. The van der Waals surface area contributed by atoms with Crippen LogP contribution in [-0.2, 0) is 4.57 Å². The molecule has 0 spiro atoms. The topological polar surface area (TPSA) is 55.4 Å². The van der Waals surface area contributed by atoms with Crippen molar-refractivity contribution in [2.75, 3.05) is 12.7 Å². The normalized spacial score (nSPS) is 13.0. The molecule has 0 aliphatic carbocycles. The smallest absolute Gasteiger partial charge is 0.247 e. The lowest BCUT2D eigenvalue weighted by Gasteiger charge is -2.19. The molecule has 0 amide bonds. The number of amidine groups is 1. The third-order valence-electron chi connectivity index (χ3n) is 3.55. The molecule has 24 heavy (non-hydrogen) atoms. The quantitative estimate of drug-likeness (QED) is 0.259. The highest BCUT2D eigenvalue weighted by atomic mass is 35.6. The fourth-order valence-electron chi connectivity index (χ4n) is 2.33. The average Bonchev–Trinajstić information content (AvgIpc) is 2.59. The second kappa shape index (κ2) is 8.40. The zero-order valence-corrected chi connectivity index (χ0v) is 16.1. The molecule has 0 aliphatic rings. The predicted molar refractivity (Wildman–Crippen MR) is 106 cm³/mol. The Morgan fingerprint density at radius 3 is 1.83 bits per heavy atom. The molecule has 128 valence electrons. The summed E-state index contributed by atoms with van der Waals surface area (Å²) in [6.45, 7) is 0.351. The van der Waals surface area contributed by atoms with Gasteiger partial charge in [-0.25, -0.2) is 0 Å². The van der Waals surface area contributed by atoms with Crippen molar-refractivity contribution in [3.63, 3.8) is 0 Å². The lowest BCUT2D eigenvalue weighted by molar-refractivity contribution is 0.585. The summed E-state index contributed by atoms with van der Waals surface area (Å²) in [5.41, 5.74) is 5.61. The van der Waals surface area contributed by atoms with E-state index in [9.17, 15) is 4.57 Å². The minimum absolute atomic E-state index is 0.0539. The molecule has 0 heterocycles. The van der Waals surface area contributed by atoms with E-state index in [-0.39, 0.29) is 5.84 Å². The van der Waals surface area contributed by atoms with E-state index < -0.39 is 10.9 Å². The SMILES string of the molecule is NC(=NCCCP(=O)(c1ccccc1)c1ccccc1)C(Cl)(Cl)Cl. The Balaban J connectivity index is 2.19. The molecule has 3 nitrogen and oxygen atoms in total. The molecule has 0 aliphatic heterocycles. The van der Waals surface area contributed by atoms with Crippen LogP contribution < -0.4 is 16.3 Å². The lowest BCUT2D eigenvalue weighted by Crippen LogP contribution is -2.28. The molecule has 2 N–H and O–H groups in total. The van der Waals surface area contributed by atoms with Gasteiger partial charge in [0.15, 0.2) is 0 Å². The number of benzene rings is 2. The van der Waals surface area contributed by atoms with Crippen LogP contribution in [0, 0.1) is 0 Å². The Bertz CT molecular complexity index is 687. The van der Waals surface area contributed by atoms with Crippen LogP contribution in [0.5, 0.6) is 0 Å². The van der Waals surface area contributed by atoms with E-state index in [4.69, 9.17) is 40.5 Å². The van der Waals surface area contributed by atoms with Gasteiger partial charge in [0.2, 0.25) is 3.79 Å². The van der Waals surface area contributed by atoms with Crippen molar-refractivity contribution in [2.45, 2.75) is 10.2 Å². The van der Waals surface area contributed by atoms with Crippen LogP contribution in [0.15, 0.2) is 65.7 Å². The second-order valence-corrected chi connectivity index (χ2v) is 10.5. The van der Waals surface area contributed by atoms with Crippen molar-refractivity contribution >= 4 is 58.4 Å². The number of nitrogens with two attached hydrogens (primary N) is 1. The molecule has 2 aromatic carbocycles. The molecular weight excluding hydrogens is 386 g/mol. The number of nitrogens with zero attached hydrogens (tertiary/aromatic N) is 1. The van der Waals surface area contributed by atoms with Crippen molar-refractivity contribution in [2.24, 2.45) is 10.7 Å². The van der Waals surface area contributed by atoms with Crippen LogP contribution in [0.3, 0.4) is 0 Å². The maximum absolute atomic E-state index is 13.7. The highest BCUT2D eigenvalue weighted by Gasteiger charge is 2.27. The van der Waals surface area contributed by atoms with Gasteiger partial charge in [-0.2, -0.15) is 0 Å². The highest BCUT2D eigenvalue weighted by molar-refractivity contribution is 7.78. The van der Waals surface area contributed by atoms with Crippen LogP contribution in [0.4, 0.5) is 0 Å². The third-order valence-corrected chi connectivity index (χ3v) is 7.34. The average molecular weight is 404 g/mol.